The molecule has 0 aromatic carbocycles. The number of ether oxygens (including phenoxy) is 3. The lowest BCUT2D eigenvalue weighted by Gasteiger charge is -2.19. The van der Waals surface area contributed by atoms with Crippen molar-refractivity contribution >= 4 is 11.6 Å². The molecule has 0 saturated heterocycles. The summed E-state index contributed by atoms with van der Waals surface area (Å²) in [5.41, 5.74) is 3.07. The molecule has 0 aliphatic heterocycles. The molecular formula is C21H34N4O3. The maximum absolute atomic E-state index is 5.51. The highest BCUT2D eigenvalue weighted by atomic mass is 16.5. The zero-order valence-electron chi connectivity index (χ0n) is 18.0. The molecule has 1 aromatic heterocycles. The van der Waals surface area contributed by atoms with E-state index in [0.717, 1.165) is 35.9 Å². The maximum atomic E-state index is 5.51. The standard InChI is InChI=1S/C21H34N4O3/c1-8-9-15(2)12-23-21-20(22-4)24-13-17(25-21)10-16(3)11-18(27-6)19(28-7)14-26-5/h9,13-14,18H,3,8,10-12H2,1-2,4-7H3,(H,22,24)(H,23,25)/b15-9+,19-14-. The number of nitrogens with zero attached hydrogens (tertiary/aromatic N) is 2. The Balaban J connectivity index is 2.84. The first-order chi connectivity index (χ1) is 13.5. The van der Waals surface area contributed by atoms with Gasteiger partial charge in [-0.2, -0.15) is 0 Å². The van der Waals surface area contributed by atoms with Crippen LogP contribution in [0.2, 0.25) is 0 Å². The molecule has 0 amide bonds. The van der Waals surface area contributed by atoms with Gasteiger partial charge >= 0.3 is 0 Å². The Morgan fingerprint density at radius 2 is 2.04 bits per heavy atom. The Bertz CT molecular complexity index is 686. The summed E-state index contributed by atoms with van der Waals surface area (Å²) < 4.78 is 15.9. The molecule has 7 heteroatoms. The molecule has 156 valence electrons. The fraction of sp³-hybridized carbons (Fsp3) is 0.524. The lowest BCUT2D eigenvalue weighted by molar-refractivity contribution is 0.0718. The minimum absolute atomic E-state index is 0.263. The summed E-state index contributed by atoms with van der Waals surface area (Å²) in [5, 5.41) is 6.43. The molecule has 1 aromatic rings. The van der Waals surface area contributed by atoms with Crippen LogP contribution in [0, 0.1) is 0 Å². The summed E-state index contributed by atoms with van der Waals surface area (Å²) in [6.45, 7) is 9.12. The van der Waals surface area contributed by atoms with Gasteiger partial charge in [0.25, 0.3) is 0 Å². The van der Waals surface area contributed by atoms with Gasteiger partial charge < -0.3 is 24.8 Å². The van der Waals surface area contributed by atoms with Crippen LogP contribution in [0.15, 0.2) is 42.0 Å². The predicted octanol–water partition coefficient (Wildman–Crippen LogP) is 3.92. The van der Waals surface area contributed by atoms with Crippen molar-refractivity contribution in [3.63, 3.8) is 0 Å². The van der Waals surface area contributed by atoms with Gasteiger partial charge in [0.1, 0.15) is 12.4 Å². The molecular weight excluding hydrogens is 356 g/mol. The molecule has 28 heavy (non-hydrogen) atoms. The first-order valence-electron chi connectivity index (χ1n) is 9.38. The monoisotopic (exact) mass is 390 g/mol. The van der Waals surface area contributed by atoms with Crippen molar-refractivity contribution in [1.29, 1.82) is 0 Å². The third-order valence-corrected chi connectivity index (χ3v) is 4.12. The van der Waals surface area contributed by atoms with Crippen molar-refractivity contribution in [2.75, 3.05) is 45.6 Å². The maximum Gasteiger partial charge on any atom is 0.169 e. The smallest absolute Gasteiger partial charge is 0.169 e. The number of rotatable bonds is 13. The second-order valence-electron chi connectivity index (χ2n) is 6.44. The zero-order chi connectivity index (χ0) is 20.9. The van der Waals surface area contributed by atoms with Crippen LogP contribution in [0.1, 0.15) is 32.4 Å². The van der Waals surface area contributed by atoms with Crippen LogP contribution in [0.3, 0.4) is 0 Å². The predicted molar refractivity (Wildman–Crippen MR) is 114 cm³/mol. The summed E-state index contributed by atoms with van der Waals surface area (Å²) >= 11 is 0. The Kier molecular flexibility index (Phi) is 10.7. The highest BCUT2D eigenvalue weighted by Crippen LogP contribution is 2.21. The van der Waals surface area contributed by atoms with Crippen LogP contribution in [-0.2, 0) is 20.6 Å². The molecule has 0 aliphatic rings. The van der Waals surface area contributed by atoms with Crippen molar-refractivity contribution in [3.8, 4) is 0 Å². The van der Waals surface area contributed by atoms with Gasteiger partial charge in [0.15, 0.2) is 17.4 Å². The normalized spacial score (nSPS) is 13.1. The van der Waals surface area contributed by atoms with Crippen LogP contribution in [0.4, 0.5) is 11.6 Å². The second-order valence-corrected chi connectivity index (χ2v) is 6.44. The van der Waals surface area contributed by atoms with Crippen LogP contribution in [0.5, 0.6) is 0 Å². The Morgan fingerprint density at radius 1 is 1.29 bits per heavy atom. The first kappa shape index (κ1) is 23.5. The molecule has 0 spiro atoms. The van der Waals surface area contributed by atoms with Gasteiger partial charge in [-0.05, 0) is 13.3 Å². The van der Waals surface area contributed by atoms with E-state index in [9.17, 15) is 0 Å². The molecule has 1 heterocycles. The van der Waals surface area contributed by atoms with Crippen LogP contribution < -0.4 is 10.6 Å². The number of methoxy groups -OCH3 is 3. The number of aromatic nitrogens is 2. The molecule has 7 nitrogen and oxygen atoms in total. The Hall–Kier alpha value is -2.54. The SMILES string of the molecule is C=C(Cc1cnc(NC)c(NC/C(C)=C/CC)n1)CC(OC)/C(=C/OC)OC. The average Bonchev–Trinajstić information content (AvgIpc) is 2.69. The van der Waals surface area contributed by atoms with Gasteiger partial charge in [0, 0.05) is 33.5 Å². The summed E-state index contributed by atoms with van der Waals surface area (Å²) in [7, 11) is 6.64. The summed E-state index contributed by atoms with van der Waals surface area (Å²) in [5.74, 6) is 2.07. The second kappa shape index (κ2) is 12.8. The molecule has 1 rings (SSSR count). The molecule has 1 unspecified atom stereocenters. The van der Waals surface area contributed by atoms with Crippen molar-refractivity contribution in [2.45, 2.75) is 39.2 Å². The number of hydrogen-bond donors (Lipinski definition) is 2. The van der Waals surface area contributed by atoms with Crippen LogP contribution in [-0.4, -0.2) is 51.0 Å². The highest BCUT2D eigenvalue weighted by molar-refractivity contribution is 5.59. The van der Waals surface area contributed by atoms with Crippen molar-refractivity contribution < 1.29 is 14.2 Å². The first-order valence-corrected chi connectivity index (χ1v) is 9.38. The van der Waals surface area contributed by atoms with Gasteiger partial charge in [0.05, 0.1) is 26.1 Å². The third kappa shape index (κ3) is 7.60. The van der Waals surface area contributed by atoms with Crippen molar-refractivity contribution in [3.05, 3.63) is 47.7 Å². The molecule has 1 atom stereocenters. The quantitative estimate of drug-likeness (QED) is 0.390. The van der Waals surface area contributed by atoms with Gasteiger partial charge in [-0.15, -0.1) is 0 Å². The van der Waals surface area contributed by atoms with Crippen molar-refractivity contribution in [2.24, 2.45) is 0 Å². The van der Waals surface area contributed by atoms with E-state index < -0.39 is 0 Å². The fourth-order valence-electron chi connectivity index (χ4n) is 2.72. The molecule has 0 radical (unpaired) electrons. The lowest BCUT2D eigenvalue weighted by Crippen LogP contribution is -2.17. The highest BCUT2D eigenvalue weighted by Gasteiger charge is 2.17. The van der Waals surface area contributed by atoms with Crippen LogP contribution in [0.25, 0.3) is 0 Å². The number of anilines is 2. The van der Waals surface area contributed by atoms with Crippen LogP contribution >= 0.6 is 0 Å². The minimum Gasteiger partial charge on any atom is -0.501 e. The number of hydrogen-bond acceptors (Lipinski definition) is 7. The van der Waals surface area contributed by atoms with E-state index in [1.807, 2.05) is 7.05 Å². The van der Waals surface area contributed by atoms with E-state index in [0.29, 0.717) is 18.6 Å². The van der Waals surface area contributed by atoms with E-state index in [2.05, 4.69) is 42.1 Å². The summed E-state index contributed by atoms with van der Waals surface area (Å²) in [4.78, 5) is 9.18. The lowest BCUT2D eigenvalue weighted by atomic mass is 10.0. The Morgan fingerprint density at radius 3 is 2.61 bits per heavy atom. The largest absolute Gasteiger partial charge is 0.501 e. The summed E-state index contributed by atoms with van der Waals surface area (Å²) in [6.07, 6.45) is 7.44. The van der Waals surface area contributed by atoms with E-state index >= 15 is 0 Å². The molecule has 0 saturated carbocycles. The van der Waals surface area contributed by atoms with E-state index in [1.165, 1.54) is 11.8 Å². The van der Waals surface area contributed by atoms with Gasteiger partial charge in [-0.1, -0.05) is 30.7 Å². The molecule has 0 fully saturated rings. The van der Waals surface area contributed by atoms with E-state index in [4.69, 9.17) is 19.2 Å². The van der Waals surface area contributed by atoms with E-state index in [1.54, 1.807) is 27.5 Å². The van der Waals surface area contributed by atoms with Gasteiger partial charge in [0.2, 0.25) is 0 Å². The Labute approximate surface area is 168 Å². The third-order valence-electron chi connectivity index (χ3n) is 4.12. The zero-order valence-corrected chi connectivity index (χ0v) is 18.0. The topological polar surface area (TPSA) is 77.5 Å². The average molecular weight is 391 g/mol. The van der Waals surface area contributed by atoms with Gasteiger partial charge in [-0.25, -0.2) is 9.97 Å². The minimum atomic E-state index is -0.263. The number of allylic oxidation sites excluding steroid dienone is 1. The fourth-order valence-corrected chi connectivity index (χ4v) is 2.72. The molecule has 0 aliphatic carbocycles. The number of nitrogens with one attached hydrogen (secondary N) is 2. The van der Waals surface area contributed by atoms with Crippen molar-refractivity contribution in [1.82, 2.24) is 9.97 Å². The molecule has 0 bridgehead atoms. The summed E-state index contributed by atoms with van der Waals surface area (Å²) in [6, 6.07) is 0. The van der Waals surface area contributed by atoms with Gasteiger partial charge in [-0.3, -0.25) is 0 Å². The molecule has 2 N–H and O–H groups in total. The van der Waals surface area contributed by atoms with E-state index in [-0.39, 0.29) is 6.10 Å².